The Morgan fingerprint density at radius 2 is 1.80 bits per heavy atom. The largest absolute Gasteiger partial charge is 0.465 e. The normalized spacial score (nSPS) is 10.3. The lowest BCUT2D eigenvalue weighted by Gasteiger charge is -2.06. The van der Waals surface area contributed by atoms with Gasteiger partial charge in [-0.25, -0.2) is 4.79 Å². The predicted molar refractivity (Wildman–Crippen MR) is 82.7 cm³/mol. The Hall–Kier alpha value is -1.45. The standard InChI is InChI=1S/C16H15ClO2S/c1-3-11-4-9-14(10-15(11)17)20-13-7-5-12(6-8-13)16(18)19-2/h4-10H,3H2,1-2H3. The zero-order valence-electron chi connectivity index (χ0n) is 11.4. The lowest BCUT2D eigenvalue weighted by molar-refractivity contribution is 0.0600. The van der Waals surface area contributed by atoms with Crippen molar-refractivity contribution in [2.24, 2.45) is 0 Å². The monoisotopic (exact) mass is 306 g/mol. The molecule has 0 aliphatic heterocycles. The molecule has 0 saturated heterocycles. The molecule has 0 bridgehead atoms. The highest BCUT2D eigenvalue weighted by atomic mass is 35.5. The second-order valence-corrected chi connectivity index (χ2v) is 5.78. The van der Waals surface area contributed by atoms with E-state index in [1.807, 2.05) is 24.3 Å². The van der Waals surface area contributed by atoms with Crippen molar-refractivity contribution in [3.63, 3.8) is 0 Å². The van der Waals surface area contributed by atoms with Gasteiger partial charge in [0.15, 0.2) is 0 Å². The van der Waals surface area contributed by atoms with Crippen LogP contribution in [-0.4, -0.2) is 13.1 Å². The number of halogens is 1. The van der Waals surface area contributed by atoms with E-state index in [2.05, 4.69) is 17.7 Å². The van der Waals surface area contributed by atoms with E-state index >= 15 is 0 Å². The summed E-state index contributed by atoms with van der Waals surface area (Å²) in [6.45, 7) is 2.08. The van der Waals surface area contributed by atoms with Crippen LogP contribution in [0.1, 0.15) is 22.8 Å². The van der Waals surface area contributed by atoms with Crippen molar-refractivity contribution in [2.45, 2.75) is 23.1 Å². The SMILES string of the molecule is CCc1ccc(Sc2ccc(C(=O)OC)cc2)cc1Cl. The van der Waals surface area contributed by atoms with Gasteiger partial charge in [-0.3, -0.25) is 0 Å². The maximum Gasteiger partial charge on any atom is 0.337 e. The molecule has 0 fully saturated rings. The molecule has 0 N–H and O–H groups in total. The van der Waals surface area contributed by atoms with Gasteiger partial charge in [-0.1, -0.05) is 36.4 Å². The summed E-state index contributed by atoms with van der Waals surface area (Å²) in [4.78, 5) is 13.5. The van der Waals surface area contributed by atoms with Crippen LogP contribution in [0.15, 0.2) is 52.3 Å². The number of esters is 1. The molecule has 0 aromatic heterocycles. The van der Waals surface area contributed by atoms with Gasteiger partial charge in [-0.05, 0) is 48.4 Å². The fourth-order valence-corrected chi connectivity index (χ4v) is 3.03. The number of rotatable bonds is 4. The number of carbonyl (C=O) groups is 1. The quantitative estimate of drug-likeness (QED) is 0.756. The summed E-state index contributed by atoms with van der Waals surface area (Å²) in [5, 5.41) is 0.795. The lowest BCUT2D eigenvalue weighted by atomic mass is 10.2. The predicted octanol–water partition coefficient (Wildman–Crippen LogP) is 4.84. The van der Waals surface area contributed by atoms with E-state index < -0.39 is 0 Å². The molecule has 0 aliphatic rings. The Labute approximate surface area is 128 Å². The van der Waals surface area contributed by atoms with Gasteiger partial charge in [0.25, 0.3) is 0 Å². The highest BCUT2D eigenvalue weighted by molar-refractivity contribution is 7.99. The summed E-state index contributed by atoms with van der Waals surface area (Å²) in [7, 11) is 1.38. The van der Waals surface area contributed by atoms with E-state index in [4.69, 9.17) is 11.6 Å². The number of ether oxygens (including phenoxy) is 1. The molecule has 4 heteroatoms. The number of aryl methyl sites for hydroxylation is 1. The molecule has 0 aliphatic carbocycles. The third kappa shape index (κ3) is 3.56. The van der Waals surface area contributed by atoms with Crippen LogP contribution in [0.4, 0.5) is 0 Å². The first-order valence-electron chi connectivity index (χ1n) is 6.28. The van der Waals surface area contributed by atoms with Gasteiger partial charge in [0, 0.05) is 14.8 Å². The molecule has 20 heavy (non-hydrogen) atoms. The average molecular weight is 307 g/mol. The number of hydrogen-bond donors (Lipinski definition) is 0. The van der Waals surface area contributed by atoms with Crippen molar-refractivity contribution in [3.8, 4) is 0 Å². The Morgan fingerprint density at radius 1 is 1.15 bits per heavy atom. The molecule has 0 radical (unpaired) electrons. The molecule has 104 valence electrons. The minimum absolute atomic E-state index is 0.322. The van der Waals surface area contributed by atoms with Gasteiger partial charge >= 0.3 is 5.97 Å². The molecule has 0 saturated carbocycles. The summed E-state index contributed by atoms with van der Waals surface area (Å²) in [5.41, 5.74) is 1.70. The van der Waals surface area contributed by atoms with Gasteiger partial charge < -0.3 is 4.74 Å². The van der Waals surface area contributed by atoms with Crippen LogP contribution in [0.25, 0.3) is 0 Å². The van der Waals surface area contributed by atoms with Crippen molar-refractivity contribution in [2.75, 3.05) is 7.11 Å². The molecule has 0 atom stereocenters. The van der Waals surface area contributed by atoms with E-state index in [-0.39, 0.29) is 5.97 Å². The molecular weight excluding hydrogens is 292 g/mol. The Balaban J connectivity index is 2.14. The molecule has 0 heterocycles. The van der Waals surface area contributed by atoms with Crippen molar-refractivity contribution in [3.05, 3.63) is 58.6 Å². The fourth-order valence-electron chi connectivity index (χ4n) is 1.79. The number of benzene rings is 2. The molecule has 2 aromatic carbocycles. The maximum absolute atomic E-state index is 11.4. The number of carbonyl (C=O) groups excluding carboxylic acids is 1. The zero-order valence-corrected chi connectivity index (χ0v) is 12.9. The Bertz CT molecular complexity index is 608. The molecule has 0 unspecified atom stereocenters. The first-order chi connectivity index (χ1) is 9.63. The van der Waals surface area contributed by atoms with Crippen LogP contribution in [0.3, 0.4) is 0 Å². The number of methoxy groups -OCH3 is 1. The van der Waals surface area contributed by atoms with Crippen molar-refractivity contribution >= 4 is 29.3 Å². The minimum atomic E-state index is -0.322. The van der Waals surface area contributed by atoms with Crippen LogP contribution in [0.2, 0.25) is 5.02 Å². The molecule has 2 rings (SSSR count). The highest BCUT2D eigenvalue weighted by Gasteiger charge is 2.06. The second kappa shape index (κ2) is 6.82. The number of hydrogen-bond acceptors (Lipinski definition) is 3. The molecular formula is C16H15ClO2S. The third-order valence-corrected chi connectivity index (χ3v) is 4.27. The van der Waals surface area contributed by atoms with Crippen molar-refractivity contribution in [1.29, 1.82) is 0 Å². The summed E-state index contributed by atoms with van der Waals surface area (Å²) < 4.78 is 4.67. The first kappa shape index (κ1) is 14.9. The molecule has 0 amide bonds. The van der Waals surface area contributed by atoms with Crippen molar-refractivity contribution < 1.29 is 9.53 Å². The fraction of sp³-hybridized carbons (Fsp3) is 0.188. The van der Waals surface area contributed by atoms with Crippen LogP contribution < -0.4 is 0 Å². The van der Waals surface area contributed by atoms with Gasteiger partial charge in [0.1, 0.15) is 0 Å². The molecule has 2 aromatic rings. The first-order valence-corrected chi connectivity index (χ1v) is 7.48. The van der Waals surface area contributed by atoms with E-state index in [1.54, 1.807) is 23.9 Å². The average Bonchev–Trinajstić information content (AvgIpc) is 2.47. The zero-order chi connectivity index (χ0) is 14.5. The Kier molecular flexibility index (Phi) is 5.10. The smallest absolute Gasteiger partial charge is 0.337 e. The highest BCUT2D eigenvalue weighted by Crippen LogP contribution is 2.31. The topological polar surface area (TPSA) is 26.3 Å². The maximum atomic E-state index is 11.4. The summed E-state index contributed by atoms with van der Waals surface area (Å²) >= 11 is 7.82. The van der Waals surface area contributed by atoms with Gasteiger partial charge in [0.05, 0.1) is 12.7 Å². The van der Waals surface area contributed by atoms with Gasteiger partial charge in [-0.15, -0.1) is 0 Å². The van der Waals surface area contributed by atoms with Crippen LogP contribution in [0, 0.1) is 0 Å². The lowest BCUT2D eigenvalue weighted by Crippen LogP contribution is -2.00. The van der Waals surface area contributed by atoms with E-state index in [1.165, 1.54) is 7.11 Å². The summed E-state index contributed by atoms with van der Waals surface area (Å²) in [6, 6.07) is 13.4. The summed E-state index contributed by atoms with van der Waals surface area (Å²) in [5.74, 6) is -0.322. The van der Waals surface area contributed by atoms with Crippen LogP contribution in [-0.2, 0) is 11.2 Å². The van der Waals surface area contributed by atoms with Crippen molar-refractivity contribution in [1.82, 2.24) is 0 Å². The summed E-state index contributed by atoms with van der Waals surface area (Å²) in [6.07, 6.45) is 0.928. The Morgan fingerprint density at radius 3 is 2.35 bits per heavy atom. The van der Waals surface area contributed by atoms with Gasteiger partial charge in [-0.2, -0.15) is 0 Å². The van der Waals surface area contributed by atoms with E-state index in [0.717, 1.165) is 26.8 Å². The van der Waals surface area contributed by atoms with Crippen LogP contribution >= 0.6 is 23.4 Å². The molecule has 0 spiro atoms. The van der Waals surface area contributed by atoms with Crippen LogP contribution in [0.5, 0.6) is 0 Å². The van der Waals surface area contributed by atoms with E-state index in [9.17, 15) is 4.79 Å². The van der Waals surface area contributed by atoms with Gasteiger partial charge in [0.2, 0.25) is 0 Å². The minimum Gasteiger partial charge on any atom is -0.465 e. The second-order valence-electron chi connectivity index (χ2n) is 4.22. The van der Waals surface area contributed by atoms with E-state index in [0.29, 0.717) is 5.56 Å². The molecule has 2 nitrogen and oxygen atoms in total. The third-order valence-electron chi connectivity index (χ3n) is 2.92.